The second-order valence-corrected chi connectivity index (χ2v) is 10.2. The highest BCUT2D eigenvalue weighted by Gasteiger charge is 2.54. The standard InChI is InChI=1S/C29H15F6N3O9/c30-28(31,32)25(43)36-13-2-5-17-19(10-13)45-20-11-14(37-26(44)29(33,34)35)3-6-18(20)27(17)16-4-1-12(9-15(16)24(42)46-27)23(41)47-38-21(39)7-8-22(38)40/h1-6,9-11H,7-8H2,(H,36,43)(H,37,44). The lowest BCUT2D eigenvalue weighted by Crippen LogP contribution is -2.34. The summed E-state index contributed by atoms with van der Waals surface area (Å²) >= 11 is 0. The van der Waals surface area contributed by atoms with Crippen molar-refractivity contribution in [2.75, 3.05) is 10.6 Å². The van der Waals surface area contributed by atoms with Crippen LogP contribution in [0.25, 0.3) is 0 Å². The molecule has 0 radical (unpaired) electrons. The number of anilines is 2. The van der Waals surface area contributed by atoms with Crippen molar-refractivity contribution in [3.63, 3.8) is 0 Å². The van der Waals surface area contributed by atoms with Crippen LogP contribution in [0, 0.1) is 0 Å². The molecule has 0 saturated carbocycles. The Morgan fingerprint density at radius 2 is 1.21 bits per heavy atom. The minimum absolute atomic E-state index is 0.00206. The molecule has 0 atom stereocenters. The molecule has 242 valence electrons. The number of fused-ring (bicyclic) bond motifs is 6. The minimum atomic E-state index is -5.26. The molecule has 3 heterocycles. The Kier molecular flexibility index (Phi) is 6.98. The quantitative estimate of drug-likeness (QED) is 0.233. The van der Waals surface area contributed by atoms with E-state index >= 15 is 0 Å². The van der Waals surface area contributed by atoms with Crippen molar-refractivity contribution < 1.29 is 69.4 Å². The van der Waals surface area contributed by atoms with Crippen molar-refractivity contribution >= 4 is 46.9 Å². The zero-order chi connectivity index (χ0) is 34.1. The van der Waals surface area contributed by atoms with Crippen LogP contribution in [-0.2, 0) is 34.4 Å². The van der Waals surface area contributed by atoms with E-state index in [-0.39, 0.29) is 52.2 Å². The van der Waals surface area contributed by atoms with Crippen LogP contribution in [0.5, 0.6) is 11.5 Å². The summed E-state index contributed by atoms with van der Waals surface area (Å²) in [6.45, 7) is 0. The first kappa shape index (κ1) is 31.1. The molecular weight excluding hydrogens is 648 g/mol. The molecule has 18 heteroatoms. The minimum Gasteiger partial charge on any atom is -0.456 e. The lowest BCUT2D eigenvalue weighted by Gasteiger charge is -2.37. The Morgan fingerprint density at radius 3 is 1.70 bits per heavy atom. The Balaban J connectivity index is 1.45. The van der Waals surface area contributed by atoms with Gasteiger partial charge in [0, 0.05) is 53.0 Å². The number of benzene rings is 3. The zero-order valence-electron chi connectivity index (χ0n) is 23.0. The number of carbonyl (C=O) groups excluding carboxylic acids is 6. The number of hydrogen-bond donors (Lipinski definition) is 2. The molecule has 3 aromatic rings. The number of imide groups is 1. The van der Waals surface area contributed by atoms with Crippen LogP contribution >= 0.6 is 0 Å². The smallest absolute Gasteiger partial charge is 0.456 e. The molecule has 1 spiro atoms. The SMILES string of the molecule is O=C(ON1C(=O)CCC1=O)c1ccc2c(c1)C(=O)OC21c2ccc(NC(=O)C(F)(F)F)cc2Oc2cc(NC(=O)C(F)(F)F)ccc21. The maximum Gasteiger partial charge on any atom is 0.471 e. The molecule has 6 rings (SSSR count). The molecule has 3 aromatic carbocycles. The van der Waals surface area contributed by atoms with Crippen molar-refractivity contribution in [2.24, 2.45) is 0 Å². The van der Waals surface area contributed by atoms with Gasteiger partial charge >= 0.3 is 36.1 Å². The predicted molar refractivity (Wildman–Crippen MR) is 141 cm³/mol. The maximum absolute atomic E-state index is 13.3. The number of esters is 1. The van der Waals surface area contributed by atoms with Crippen molar-refractivity contribution in [2.45, 2.75) is 30.8 Å². The number of ether oxygens (including phenoxy) is 2. The maximum atomic E-state index is 13.3. The van der Waals surface area contributed by atoms with E-state index in [0.29, 0.717) is 5.06 Å². The van der Waals surface area contributed by atoms with Crippen molar-refractivity contribution in [3.05, 3.63) is 82.4 Å². The Bertz CT molecular complexity index is 1850. The predicted octanol–water partition coefficient (Wildman–Crippen LogP) is 4.48. The van der Waals surface area contributed by atoms with E-state index in [0.717, 1.165) is 30.3 Å². The van der Waals surface area contributed by atoms with Gasteiger partial charge < -0.3 is 24.9 Å². The molecule has 2 N–H and O–H groups in total. The third-order valence-electron chi connectivity index (χ3n) is 7.25. The highest BCUT2D eigenvalue weighted by Crippen LogP contribution is 2.57. The van der Waals surface area contributed by atoms with Crippen LogP contribution < -0.4 is 15.4 Å². The van der Waals surface area contributed by atoms with Gasteiger partial charge in [-0.1, -0.05) is 6.07 Å². The number of nitrogens with one attached hydrogen (secondary N) is 2. The first-order valence-corrected chi connectivity index (χ1v) is 13.2. The summed E-state index contributed by atoms with van der Waals surface area (Å²) in [4.78, 5) is 77.9. The number of rotatable bonds is 4. The van der Waals surface area contributed by atoms with E-state index in [1.165, 1.54) is 24.3 Å². The molecule has 3 aliphatic heterocycles. The van der Waals surface area contributed by atoms with Gasteiger partial charge in [-0.25, -0.2) is 9.59 Å². The number of hydroxylamine groups is 2. The van der Waals surface area contributed by atoms with Crippen LogP contribution in [0.3, 0.4) is 0 Å². The van der Waals surface area contributed by atoms with Gasteiger partial charge in [-0.3, -0.25) is 19.2 Å². The van der Waals surface area contributed by atoms with E-state index in [1.54, 1.807) is 10.6 Å². The second-order valence-electron chi connectivity index (χ2n) is 10.2. The van der Waals surface area contributed by atoms with E-state index in [2.05, 4.69) is 0 Å². The van der Waals surface area contributed by atoms with Gasteiger partial charge in [0.05, 0.1) is 11.1 Å². The van der Waals surface area contributed by atoms with E-state index < -0.39 is 64.9 Å². The Hall–Kier alpha value is -5.94. The van der Waals surface area contributed by atoms with Gasteiger partial charge in [-0.15, -0.1) is 5.06 Å². The molecule has 1 fully saturated rings. The number of halogens is 6. The fraction of sp³-hybridized carbons (Fsp3) is 0.172. The fourth-order valence-corrected chi connectivity index (χ4v) is 5.21. The zero-order valence-corrected chi connectivity index (χ0v) is 23.0. The fourth-order valence-electron chi connectivity index (χ4n) is 5.21. The number of amides is 4. The average molecular weight is 663 g/mol. The largest absolute Gasteiger partial charge is 0.471 e. The van der Waals surface area contributed by atoms with Gasteiger partial charge in [-0.05, 0) is 36.4 Å². The van der Waals surface area contributed by atoms with Gasteiger partial charge in [0.15, 0.2) is 5.60 Å². The molecule has 0 bridgehead atoms. The summed E-state index contributed by atoms with van der Waals surface area (Å²) in [5, 5.41) is 3.57. The third kappa shape index (κ3) is 5.26. The van der Waals surface area contributed by atoms with Crippen molar-refractivity contribution in [1.29, 1.82) is 0 Å². The number of hydrogen-bond acceptors (Lipinski definition) is 9. The summed E-state index contributed by atoms with van der Waals surface area (Å²) in [5.41, 5.74) is -3.29. The van der Waals surface area contributed by atoms with Gasteiger partial charge in [-0.2, -0.15) is 26.3 Å². The van der Waals surface area contributed by atoms with E-state index in [9.17, 15) is 55.1 Å². The molecule has 0 unspecified atom stereocenters. The molecule has 3 aliphatic rings. The Labute approximate surface area is 257 Å². The second kappa shape index (κ2) is 10.6. The highest BCUT2D eigenvalue weighted by molar-refractivity contribution is 6.04. The summed E-state index contributed by atoms with van der Waals surface area (Å²) in [7, 11) is 0. The van der Waals surface area contributed by atoms with Crippen LogP contribution in [0.2, 0.25) is 0 Å². The van der Waals surface area contributed by atoms with Crippen LogP contribution in [-0.4, -0.2) is 53.0 Å². The first-order chi connectivity index (χ1) is 22.0. The molecule has 1 saturated heterocycles. The van der Waals surface area contributed by atoms with Crippen LogP contribution in [0.15, 0.2) is 54.6 Å². The summed E-state index contributed by atoms with van der Waals surface area (Å²) in [6.07, 6.45) is -10.9. The Morgan fingerprint density at radius 1 is 0.723 bits per heavy atom. The lowest BCUT2D eigenvalue weighted by atomic mass is 9.77. The van der Waals surface area contributed by atoms with E-state index in [1.807, 2.05) is 0 Å². The summed E-state index contributed by atoms with van der Waals surface area (Å²) in [5.74, 6) is -8.97. The van der Waals surface area contributed by atoms with Gasteiger partial charge in [0.25, 0.3) is 11.8 Å². The lowest BCUT2D eigenvalue weighted by molar-refractivity contribution is -0.172. The first-order valence-electron chi connectivity index (χ1n) is 13.2. The van der Waals surface area contributed by atoms with Gasteiger partial charge in [0.2, 0.25) is 0 Å². The molecule has 4 amide bonds. The summed E-state index contributed by atoms with van der Waals surface area (Å²) < 4.78 is 89.1. The normalized spacial score (nSPS) is 16.1. The number of carbonyl (C=O) groups is 6. The average Bonchev–Trinajstić information content (AvgIpc) is 3.46. The third-order valence-corrected chi connectivity index (χ3v) is 7.25. The molecular formula is C29H15F6N3O9. The van der Waals surface area contributed by atoms with Crippen molar-refractivity contribution in [3.8, 4) is 11.5 Å². The number of alkyl halides is 6. The monoisotopic (exact) mass is 663 g/mol. The topological polar surface area (TPSA) is 157 Å². The number of nitrogens with zero attached hydrogens (tertiary/aromatic N) is 1. The van der Waals surface area contributed by atoms with Gasteiger partial charge in [0.1, 0.15) is 11.5 Å². The molecule has 12 nitrogen and oxygen atoms in total. The molecule has 0 aliphatic carbocycles. The summed E-state index contributed by atoms with van der Waals surface area (Å²) in [6, 6.07) is 9.83. The van der Waals surface area contributed by atoms with E-state index in [4.69, 9.17) is 14.3 Å². The molecule has 47 heavy (non-hydrogen) atoms. The van der Waals surface area contributed by atoms with Crippen LogP contribution in [0.4, 0.5) is 37.7 Å². The molecule has 0 aromatic heterocycles. The van der Waals surface area contributed by atoms with Crippen LogP contribution in [0.1, 0.15) is 50.2 Å². The van der Waals surface area contributed by atoms with Crippen molar-refractivity contribution in [1.82, 2.24) is 5.06 Å². The highest BCUT2D eigenvalue weighted by atomic mass is 19.4.